The Morgan fingerprint density at radius 2 is 1.80 bits per heavy atom. The summed E-state index contributed by atoms with van der Waals surface area (Å²) in [6, 6.07) is 0. The molecule has 1 nitrogen and oxygen atoms in total. The van der Waals surface area contributed by atoms with Crippen molar-refractivity contribution >= 4 is 17.0 Å². The lowest BCUT2D eigenvalue weighted by molar-refractivity contribution is 0.487. The molecule has 0 amide bonds. The van der Waals surface area contributed by atoms with E-state index in [1.54, 1.807) is 0 Å². The van der Waals surface area contributed by atoms with Crippen LogP contribution in [0.25, 0.3) is 0 Å². The number of hydrogen-bond acceptors (Lipinski definition) is 1. The van der Waals surface area contributed by atoms with Crippen molar-refractivity contribution in [2.75, 3.05) is 13.2 Å². The average Bonchev–Trinajstić information content (AvgIpc) is 2.27. The zero-order valence-electron chi connectivity index (χ0n) is 11.0. The van der Waals surface area contributed by atoms with Gasteiger partial charge in [0.1, 0.15) is 0 Å². The summed E-state index contributed by atoms with van der Waals surface area (Å²) in [7, 11) is 4.37. The Bertz CT molecular complexity index is 176. The van der Waals surface area contributed by atoms with Gasteiger partial charge in [-0.3, -0.25) is 4.74 Å². The molecule has 0 rings (SSSR count). The van der Waals surface area contributed by atoms with E-state index in [0.717, 1.165) is 14.2 Å². The predicted octanol–water partition coefficient (Wildman–Crippen LogP) is 5.17. The zero-order chi connectivity index (χ0) is 11.7. The lowest BCUT2D eigenvalue weighted by atomic mass is 9.95. The van der Waals surface area contributed by atoms with Crippen LogP contribution in [0.15, 0.2) is 4.74 Å². The lowest BCUT2D eigenvalue weighted by Gasteiger charge is -2.33. The molecule has 0 radical (unpaired) electrons. The van der Waals surface area contributed by atoms with Crippen molar-refractivity contribution in [3.63, 3.8) is 0 Å². The van der Waals surface area contributed by atoms with Crippen LogP contribution < -0.4 is 0 Å². The van der Waals surface area contributed by atoms with Gasteiger partial charge < -0.3 is 0 Å². The second kappa shape index (κ2) is 8.66. The summed E-state index contributed by atoms with van der Waals surface area (Å²) in [5.41, 5.74) is 0.786. The van der Waals surface area contributed by atoms with Gasteiger partial charge in [0.05, 0.1) is 0 Å². The Morgan fingerprint density at radius 1 is 1.20 bits per heavy atom. The number of hydrogen-bond donors (Lipinski definition) is 0. The lowest BCUT2D eigenvalue weighted by Crippen LogP contribution is -2.25. The smallest absolute Gasteiger partial charge is 0.0320 e. The van der Waals surface area contributed by atoms with Crippen LogP contribution in [-0.4, -0.2) is 24.0 Å². The highest BCUT2D eigenvalue weighted by molar-refractivity contribution is 7.40. The fourth-order valence-corrected chi connectivity index (χ4v) is 4.85. The van der Waals surface area contributed by atoms with Crippen molar-refractivity contribution in [2.24, 2.45) is 4.74 Å². The van der Waals surface area contributed by atoms with Gasteiger partial charge >= 0.3 is 0 Å². The van der Waals surface area contributed by atoms with Crippen molar-refractivity contribution < 1.29 is 0 Å². The maximum atomic E-state index is 4.30. The van der Waals surface area contributed by atoms with E-state index in [9.17, 15) is 0 Å². The van der Waals surface area contributed by atoms with Gasteiger partial charge in [0, 0.05) is 21.1 Å². The zero-order valence-corrected chi connectivity index (χ0v) is 12.9. The van der Waals surface area contributed by atoms with Crippen molar-refractivity contribution in [3.8, 4) is 0 Å². The van der Waals surface area contributed by atoms with Crippen LogP contribution in [0.5, 0.6) is 0 Å². The van der Waals surface area contributed by atoms with Crippen molar-refractivity contribution in [1.29, 1.82) is 0 Å². The molecule has 0 aliphatic heterocycles. The summed E-state index contributed by atoms with van der Waals surface area (Å²) >= 11 is 0. The molecule has 0 heterocycles. The Morgan fingerprint density at radius 3 is 2.13 bits per heavy atom. The molecule has 0 aliphatic rings. The van der Waals surface area contributed by atoms with Gasteiger partial charge in [-0.1, -0.05) is 27.7 Å². The molecule has 0 aromatic carbocycles. The maximum Gasteiger partial charge on any atom is 0.0320 e. The molecule has 0 bridgehead atoms. The van der Waals surface area contributed by atoms with Crippen LogP contribution in [0.1, 0.15) is 53.4 Å². The van der Waals surface area contributed by atoms with E-state index < -0.39 is 0 Å². The van der Waals surface area contributed by atoms with E-state index >= 15 is 0 Å². The van der Waals surface area contributed by atoms with Gasteiger partial charge in [-0.05, 0) is 37.0 Å². The molecule has 2 atom stereocenters. The van der Waals surface area contributed by atoms with Crippen molar-refractivity contribution in [2.45, 2.75) is 64.2 Å². The normalized spacial score (nSPS) is 15.5. The molecular weight excluding hydrogens is 220 g/mol. The molecule has 0 fully saturated rings. The van der Waals surface area contributed by atoms with Gasteiger partial charge in [-0.15, -0.1) is 8.58 Å². The highest BCUT2D eigenvalue weighted by atomic mass is 31.1. The summed E-state index contributed by atoms with van der Waals surface area (Å²) in [4.78, 5) is 0. The topological polar surface area (TPSA) is 12.4 Å². The van der Waals surface area contributed by atoms with E-state index in [1.807, 2.05) is 7.05 Å². The fraction of sp³-hybridized carbons (Fsp3) is 1.00. The van der Waals surface area contributed by atoms with Crippen molar-refractivity contribution in [1.82, 2.24) is 0 Å². The van der Waals surface area contributed by atoms with E-state index in [1.165, 1.54) is 40.2 Å². The molecular formula is C12H27NP2. The highest BCUT2D eigenvalue weighted by Crippen LogP contribution is 2.44. The Balaban J connectivity index is 4.48. The Labute approximate surface area is 99.5 Å². The quantitative estimate of drug-likeness (QED) is 0.524. The van der Waals surface area contributed by atoms with Gasteiger partial charge in [-0.25, -0.2) is 0 Å². The first-order chi connectivity index (χ1) is 7.17. The molecule has 0 aliphatic carbocycles. The minimum Gasteiger partial charge on any atom is -0.272 e. The van der Waals surface area contributed by atoms with E-state index in [2.05, 4.69) is 32.4 Å². The summed E-state index contributed by atoms with van der Waals surface area (Å²) in [5.74, 6) is 0. The maximum absolute atomic E-state index is 4.30. The second-order valence-corrected chi connectivity index (χ2v) is 7.58. The Hall–Kier alpha value is 0.530. The first-order valence-electron chi connectivity index (χ1n) is 6.21. The minimum absolute atomic E-state index is 0.618. The summed E-state index contributed by atoms with van der Waals surface area (Å²) < 4.78 is 4.30. The van der Waals surface area contributed by atoms with E-state index in [0.29, 0.717) is 5.16 Å². The molecule has 15 heavy (non-hydrogen) atoms. The summed E-state index contributed by atoms with van der Waals surface area (Å²) in [6.07, 6.45) is 6.67. The molecule has 0 N–H and O–H groups in total. The van der Waals surface area contributed by atoms with Gasteiger partial charge in [0.25, 0.3) is 0 Å². The van der Waals surface area contributed by atoms with E-state index in [-0.39, 0.29) is 0 Å². The molecule has 90 valence electrons. The SMILES string of the molecule is CCPC(CC)(CC)CC(CC)P=NC. The van der Waals surface area contributed by atoms with Gasteiger partial charge in [0.2, 0.25) is 0 Å². The van der Waals surface area contributed by atoms with Crippen LogP contribution in [0.3, 0.4) is 0 Å². The monoisotopic (exact) mass is 247 g/mol. The predicted molar refractivity (Wildman–Crippen MR) is 76.1 cm³/mol. The first kappa shape index (κ1) is 15.5. The third kappa shape index (κ3) is 5.41. The highest BCUT2D eigenvalue weighted by Gasteiger charge is 2.27. The molecule has 3 heteroatoms. The van der Waals surface area contributed by atoms with Gasteiger partial charge in [-0.2, -0.15) is 0 Å². The summed E-state index contributed by atoms with van der Waals surface area (Å²) in [6.45, 7) is 9.34. The average molecular weight is 247 g/mol. The fourth-order valence-electron chi connectivity index (χ4n) is 2.12. The van der Waals surface area contributed by atoms with Gasteiger partial charge in [0.15, 0.2) is 0 Å². The second-order valence-electron chi connectivity index (χ2n) is 4.10. The standard InChI is InChI=1S/C12H27NP2/c1-6-11(15-13-5)10-12(7-2,8-3)14-9-4/h11,14H,6-10H2,1-5H3. The minimum atomic E-state index is 0.618. The molecule has 0 aromatic heterocycles. The molecule has 2 unspecified atom stereocenters. The van der Waals surface area contributed by atoms with Crippen LogP contribution in [0, 0.1) is 0 Å². The first-order valence-corrected chi connectivity index (χ1v) is 8.34. The van der Waals surface area contributed by atoms with Crippen LogP contribution in [0.2, 0.25) is 0 Å². The van der Waals surface area contributed by atoms with Crippen LogP contribution in [-0.2, 0) is 0 Å². The van der Waals surface area contributed by atoms with Crippen LogP contribution in [0.4, 0.5) is 0 Å². The largest absolute Gasteiger partial charge is 0.272 e. The number of rotatable bonds is 8. The molecule has 0 spiro atoms. The molecule has 0 saturated heterocycles. The Kier molecular flexibility index (Phi) is 8.96. The number of nitrogens with zero attached hydrogens (tertiary/aromatic N) is 1. The molecule has 0 saturated carbocycles. The van der Waals surface area contributed by atoms with Crippen LogP contribution >= 0.6 is 17.0 Å². The third-order valence-corrected chi connectivity index (χ3v) is 6.40. The third-order valence-electron chi connectivity index (χ3n) is 3.28. The van der Waals surface area contributed by atoms with Crippen molar-refractivity contribution in [3.05, 3.63) is 0 Å². The molecule has 0 aromatic rings. The summed E-state index contributed by atoms with van der Waals surface area (Å²) in [5, 5.41) is 0.618. The van der Waals surface area contributed by atoms with E-state index in [4.69, 9.17) is 0 Å².